The lowest BCUT2D eigenvalue weighted by Gasteiger charge is -2.19. The summed E-state index contributed by atoms with van der Waals surface area (Å²) in [6.45, 7) is 1.75. The standard InChI is InChI=1S/C18H21BrN2O3/c1-12-8-14(19)10-16(24-2)17(12)21-18(23)20-15(11-22)9-13-6-4-3-5-7-13/h3-8,10,15,22H,9,11H2,1-2H3,(H2,20,21,23). The van der Waals surface area contributed by atoms with Crippen LogP contribution in [0.25, 0.3) is 0 Å². The normalized spacial score (nSPS) is 11.7. The number of anilines is 1. The van der Waals surface area contributed by atoms with Crippen LogP contribution in [0.2, 0.25) is 0 Å². The second kappa shape index (κ2) is 8.70. The molecule has 3 N–H and O–H groups in total. The highest BCUT2D eigenvalue weighted by atomic mass is 79.9. The lowest BCUT2D eigenvalue weighted by Crippen LogP contribution is -2.41. The zero-order valence-electron chi connectivity index (χ0n) is 13.7. The average Bonchev–Trinajstić information content (AvgIpc) is 2.57. The van der Waals surface area contributed by atoms with E-state index in [9.17, 15) is 9.90 Å². The second-order valence-corrected chi connectivity index (χ2v) is 6.38. The van der Waals surface area contributed by atoms with Gasteiger partial charge in [-0.1, -0.05) is 46.3 Å². The summed E-state index contributed by atoms with van der Waals surface area (Å²) >= 11 is 3.40. The van der Waals surface area contributed by atoms with Gasteiger partial charge < -0.3 is 20.5 Å². The Labute approximate surface area is 150 Å². The largest absolute Gasteiger partial charge is 0.495 e. The first-order valence-corrected chi connectivity index (χ1v) is 8.39. The van der Waals surface area contributed by atoms with E-state index in [0.29, 0.717) is 17.9 Å². The first-order chi connectivity index (χ1) is 11.5. The van der Waals surface area contributed by atoms with E-state index in [-0.39, 0.29) is 18.7 Å². The average molecular weight is 393 g/mol. The summed E-state index contributed by atoms with van der Waals surface area (Å²) in [5.41, 5.74) is 2.53. The second-order valence-electron chi connectivity index (χ2n) is 5.47. The van der Waals surface area contributed by atoms with Gasteiger partial charge in [0.15, 0.2) is 0 Å². The fraction of sp³-hybridized carbons (Fsp3) is 0.278. The first-order valence-electron chi connectivity index (χ1n) is 7.60. The molecule has 0 bridgehead atoms. The number of hydrogen-bond donors (Lipinski definition) is 3. The van der Waals surface area contributed by atoms with Crippen molar-refractivity contribution < 1.29 is 14.6 Å². The van der Waals surface area contributed by atoms with Crippen LogP contribution in [0.15, 0.2) is 46.9 Å². The molecule has 2 rings (SSSR count). The zero-order chi connectivity index (χ0) is 17.5. The van der Waals surface area contributed by atoms with Crippen LogP contribution >= 0.6 is 15.9 Å². The molecule has 1 unspecified atom stereocenters. The topological polar surface area (TPSA) is 70.6 Å². The molecule has 0 aliphatic heterocycles. The third-order valence-electron chi connectivity index (χ3n) is 3.60. The van der Waals surface area contributed by atoms with Crippen LogP contribution in [0.5, 0.6) is 5.75 Å². The number of benzene rings is 2. The molecular weight excluding hydrogens is 372 g/mol. The molecule has 0 aliphatic carbocycles. The monoisotopic (exact) mass is 392 g/mol. The molecule has 24 heavy (non-hydrogen) atoms. The minimum Gasteiger partial charge on any atom is -0.495 e. The number of ether oxygens (including phenoxy) is 1. The van der Waals surface area contributed by atoms with E-state index in [1.54, 1.807) is 13.2 Å². The third kappa shape index (κ3) is 4.97. The van der Waals surface area contributed by atoms with E-state index in [2.05, 4.69) is 26.6 Å². The highest BCUT2D eigenvalue weighted by molar-refractivity contribution is 9.10. The lowest BCUT2D eigenvalue weighted by atomic mass is 10.1. The Bertz CT molecular complexity index is 692. The van der Waals surface area contributed by atoms with Crippen LogP contribution < -0.4 is 15.4 Å². The van der Waals surface area contributed by atoms with E-state index in [1.165, 1.54) is 0 Å². The first kappa shape index (κ1) is 18.3. The summed E-state index contributed by atoms with van der Waals surface area (Å²) in [4.78, 5) is 12.3. The van der Waals surface area contributed by atoms with Gasteiger partial charge in [-0.15, -0.1) is 0 Å². The number of amides is 2. The maximum absolute atomic E-state index is 12.3. The maximum atomic E-state index is 12.3. The van der Waals surface area contributed by atoms with Gasteiger partial charge in [-0.3, -0.25) is 0 Å². The van der Waals surface area contributed by atoms with Crippen LogP contribution in [0.3, 0.4) is 0 Å². The predicted octanol–water partition coefficient (Wildman–Crippen LogP) is 3.49. The number of hydrogen-bond acceptors (Lipinski definition) is 3. The van der Waals surface area contributed by atoms with Crippen molar-refractivity contribution in [2.75, 3.05) is 19.0 Å². The van der Waals surface area contributed by atoms with Crippen LogP contribution in [-0.4, -0.2) is 30.9 Å². The SMILES string of the molecule is COc1cc(Br)cc(C)c1NC(=O)NC(CO)Cc1ccccc1. The quantitative estimate of drug-likeness (QED) is 0.704. The van der Waals surface area contributed by atoms with Gasteiger partial charge in [0.2, 0.25) is 0 Å². The predicted molar refractivity (Wildman–Crippen MR) is 98.6 cm³/mol. The minimum absolute atomic E-state index is 0.140. The summed E-state index contributed by atoms with van der Waals surface area (Å²) in [6.07, 6.45) is 0.557. The fourth-order valence-electron chi connectivity index (χ4n) is 2.43. The highest BCUT2D eigenvalue weighted by Gasteiger charge is 2.15. The Balaban J connectivity index is 2.04. The Kier molecular flexibility index (Phi) is 6.63. The van der Waals surface area contributed by atoms with Crippen molar-refractivity contribution in [3.05, 3.63) is 58.1 Å². The van der Waals surface area contributed by atoms with Crippen molar-refractivity contribution in [2.45, 2.75) is 19.4 Å². The van der Waals surface area contributed by atoms with Gasteiger partial charge in [0.25, 0.3) is 0 Å². The Hall–Kier alpha value is -2.05. The molecule has 5 nitrogen and oxygen atoms in total. The number of carbonyl (C=O) groups excluding carboxylic acids is 1. The van der Waals surface area contributed by atoms with E-state index in [1.807, 2.05) is 43.3 Å². The van der Waals surface area contributed by atoms with E-state index in [0.717, 1.165) is 15.6 Å². The molecule has 2 aromatic rings. The third-order valence-corrected chi connectivity index (χ3v) is 4.06. The molecule has 128 valence electrons. The number of urea groups is 1. The molecule has 0 heterocycles. The van der Waals surface area contributed by atoms with Crippen molar-refractivity contribution >= 4 is 27.6 Å². The molecule has 0 aromatic heterocycles. The Morgan fingerprint density at radius 3 is 2.62 bits per heavy atom. The van der Waals surface area contributed by atoms with Gasteiger partial charge in [0, 0.05) is 4.47 Å². The van der Waals surface area contributed by atoms with Crippen molar-refractivity contribution in [3.63, 3.8) is 0 Å². The van der Waals surface area contributed by atoms with Crippen molar-refractivity contribution in [1.82, 2.24) is 5.32 Å². The van der Waals surface area contributed by atoms with Gasteiger partial charge >= 0.3 is 6.03 Å². The minimum atomic E-state index is -0.381. The molecule has 0 fully saturated rings. The lowest BCUT2D eigenvalue weighted by molar-refractivity contribution is 0.224. The van der Waals surface area contributed by atoms with Gasteiger partial charge in [-0.2, -0.15) is 0 Å². The van der Waals surface area contributed by atoms with Gasteiger partial charge in [-0.05, 0) is 36.6 Å². The summed E-state index contributed by atoms with van der Waals surface area (Å²) < 4.78 is 6.19. The van der Waals surface area contributed by atoms with Crippen molar-refractivity contribution in [3.8, 4) is 5.75 Å². The molecule has 6 heteroatoms. The number of halogens is 1. The Morgan fingerprint density at radius 1 is 1.29 bits per heavy atom. The summed E-state index contributed by atoms with van der Waals surface area (Å²) in [7, 11) is 1.55. The molecule has 0 aliphatic rings. The number of rotatable bonds is 6. The van der Waals surface area contributed by atoms with E-state index < -0.39 is 0 Å². The van der Waals surface area contributed by atoms with Crippen LogP contribution in [0.4, 0.5) is 10.5 Å². The molecule has 0 radical (unpaired) electrons. The molecule has 1 atom stereocenters. The van der Waals surface area contributed by atoms with Crippen molar-refractivity contribution in [1.29, 1.82) is 0 Å². The summed E-state index contributed by atoms with van der Waals surface area (Å²) in [5, 5.41) is 15.1. The number of carbonyl (C=O) groups is 1. The molecule has 0 saturated heterocycles. The molecule has 2 amide bonds. The van der Waals surface area contributed by atoms with Gasteiger partial charge in [0.05, 0.1) is 25.4 Å². The zero-order valence-corrected chi connectivity index (χ0v) is 15.3. The molecule has 0 saturated carbocycles. The molecular formula is C18H21BrN2O3. The number of methoxy groups -OCH3 is 1. The highest BCUT2D eigenvalue weighted by Crippen LogP contribution is 2.31. The number of aryl methyl sites for hydroxylation is 1. The van der Waals surface area contributed by atoms with Crippen LogP contribution in [0.1, 0.15) is 11.1 Å². The molecule has 2 aromatic carbocycles. The maximum Gasteiger partial charge on any atom is 0.319 e. The Morgan fingerprint density at radius 2 is 2.00 bits per heavy atom. The summed E-state index contributed by atoms with van der Waals surface area (Å²) in [6, 6.07) is 12.7. The number of aliphatic hydroxyl groups is 1. The molecule has 0 spiro atoms. The van der Waals surface area contributed by atoms with Crippen LogP contribution in [-0.2, 0) is 6.42 Å². The van der Waals surface area contributed by atoms with Gasteiger partial charge in [-0.25, -0.2) is 4.79 Å². The summed E-state index contributed by atoms with van der Waals surface area (Å²) in [5.74, 6) is 0.570. The smallest absolute Gasteiger partial charge is 0.319 e. The van der Waals surface area contributed by atoms with Gasteiger partial charge in [0.1, 0.15) is 5.75 Å². The van der Waals surface area contributed by atoms with Crippen molar-refractivity contribution in [2.24, 2.45) is 0 Å². The van der Waals surface area contributed by atoms with Crippen LogP contribution in [0, 0.1) is 6.92 Å². The fourth-order valence-corrected chi connectivity index (χ4v) is 2.98. The van der Waals surface area contributed by atoms with E-state index >= 15 is 0 Å². The number of nitrogens with one attached hydrogen (secondary N) is 2. The number of aliphatic hydroxyl groups excluding tert-OH is 1. The van der Waals surface area contributed by atoms with E-state index in [4.69, 9.17) is 4.74 Å².